The lowest BCUT2D eigenvalue weighted by Gasteiger charge is -2.25. The molecule has 0 radical (unpaired) electrons. The second kappa shape index (κ2) is 8.66. The highest BCUT2D eigenvalue weighted by Gasteiger charge is 2.46. The summed E-state index contributed by atoms with van der Waals surface area (Å²) in [6, 6.07) is 20.8. The third-order valence-corrected chi connectivity index (χ3v) is 8.22. The van der Waals surface area contributed by atoms with E-state index in [0.29, 0.717) is 11.6 Å². The number of ether oxygens (including phenoxy) is 1. The predicted molar refractivity (Wildman–Crippen MR) is 142 cm³/mol. The summed E-state index contributed by atoms with van der Waals surface area (Å²) < 4.78 is 6.71. The minimum atomic E-state index is -0.847. The van der Waals surface area contributed by atoms with E-state index in [2.05, 4.69) is 29.2 Å². The Balaban J connectivity index is 1.46. The lowest BCUT2D eigenvalue weighted by atomic mass is 9.80. The first-order valence-electron chi connectivity index (χ1n) is 12.7. The number of nitrogen functional groups attached to an aromatic ring is 1. The molecule has 1 atom stereocenters. The van der Waals surface area contributed by atoms with Crippen LogP contribution in [0.3, 0.4) is 0 Å². The number of pyridine rings is 1. The van der Waals surface area contributed by atoms with Crippen LogP contribution in [0.4, 0.5) is 5.82 Å². The van der Waals surface area contributed by atoms with E-state index in [4.69, 9.17) is 10.5 Å². The van der Waals surface area contributed by atoms with E-state index in [0.717, 1.165) is 39.4 Å². The highest BCUT2D eigenvalue weighted by Crippen LogP contribution is 2.56. The third-order valence-electron chi connectivity index (χ3n) is 8.22. The summed E-state index contributed by atoms with van der Waals surface area (Å²) in [5.74, 6) is 0.366. The zero-order valence-electron chi connectivity index (χ0n) is 20.5. The molecule has 0 bridgehead atoms. The highest BCUT2D eigenvalue weighted by atomic mass is 16.5. The number of hydrogen-bond acceptors (Lipinski definition) is 4. The molecule has 1 aromatic heterocycles. The van der Waals surface area contributed by atoms with E-state index in [9.17, 15) is 9.90 Å². The van der Waals surface area contributed by atoms with Crippen LogP contribution in [-0.4, -0.2) is 16.1 Å². The van der Waals surface area contributed by atoms with E-state index >= 15 is 0 Å². The standard InChI is InChI=1S/C31H30N2O3/c1-19-6-4-9-27(24(19)17-29(34)35)36-28-18-31(13-2-3-14-31)26-11-10-20(16-25(26)28)21-7-5-8-23-22(21)12-15-33-30(23)32/h4-12,15-16,28H,2-3,13-14,17-18H2,1H3,(H2,32,33)(H,34,35). The number of benzene rings is 3. The van der Waals surface area contributed by atoms with E-state index in [1.165, 1.54) is 36.8 Å². The molecule has 0 amide bonds. The SMILES string of the molecule is Cc1cccc(OC2CC3(CCCC3)c3ccc(-c4cccc5c(N)nccc45)cc32)c1CC(=O)O. The van der Waals surface area contributed by atoms with Gasteiger partial charge < -0.3 is 15.6 Å². The smallest absolute Gasteiger partial charge is 0.307 e. The lowest BCUT2D eigenvalue weighted by Crippen LogP contribution is -2.19. The first kappa shape index (κ1) is 22.6. The number of hydrogen-bond donors (Lipinski definition) is 2. The fraction of sp³-hybridized carbons (Fsp3) is 0.290. The van der Waals surface area contributed by atoms with Crippen LogP contribution >= 0.6 is 0 Å². The Hall–Kier alpha value is -3.86. The maximum absolute atomic E-state index is 11.6. The average Bonchev–Trinajstić information content (AvgIpc) is 3.46. The largest absolute Gasteiger partial charge is 0.485 e. The van der Waals surface area contributed by atoms with Crippen LogP contribution in [0.2, 0.25) is 0 Å². The maximum Gasteiger partial charge on any atom is 0.307 e. The first-order valence-corrected chi connectivity index (χ1v) is 12.7. The molecule has 1 fully saturated rings. The van der Waals surface area contributed by atoms with Crippen molar-refractivity contribution in [3.63, 3.8) is 0 Å². The number of carboxylic acids is 1. The van der Waals surface area contributed by atoms with Gasteiger partial charge in [-0.3, -0.25) is 4.79 Å². The van der Waals surface area contributed by atoms with Gasteiger partial charge in [-0.2, -0.15) is 0 Å². The quantitative estimate of drug-likeness (QED) is 0.331. The number of aromatic nitrogens is 1. The molecule has 2 aliphatic carbocycles. The van der Waals surface area contributed by atoms with Crippen molar-refractivity contribution in [2.24, 2.45) is 0 Å². The van der Waals surface area contributed by atoms with Crippen LogP contribution in [0.1, 0.15) is 60.5 Å². The number of rotatable bonds is 5. The van der Waals surface area contributed by atoms with Crippen molar-refractivity contribution < 1.29 is 14.6 Å². The van der Waals surface area contributed by atoms with Crippen LogP contribution < -0.4 is 10.5 Å². The number of carbonyl (C=O) groups is 1. The molecular weight excluding hydrogens is 448 g/mol. The van der Waals surface area contributed by atoms with Crippen molar-refractivity contribution in [2.75, 3.05) is 5.73 Å². The fourth-order valence-electron chi connectivity index (χ4n) is 6.48. The van der Waals surface area contributed by atoms with Crippen LogP contribution in [0.15, 0.2) is 66.9 Å². The Morgan fingerprint density at radius 2 is 1.89 bits per heavy atom. The van der Waals surface area contributed by atoms with Crippen LogP contribution in [-0.2, 0) is 16.6 Å². The number of nitrogens with zero attached hydrogens (tertiary/aromatic N) is 1. The molecule has 5 nitrogen and oxygen atoms in total. The molecule has 0 aliphatic heterocycles. The van der Waals surface area contributed by atoms with Gasteiger partial charge >= 0.3 is 5.97 Å². The topological polar surface area (TPSA) is 85.4 Å². The van der Waals surface area contributed by atoms with Crippen molar-refractivity contribution in [3.05, 3.63) is 89.1 Å². The summed E-state index contributed by atoms with van der Waals surface area (Å²) in [6.07, 6.45) is 7.34. The van der Waals surface area contributed by atoms with Gasteiger partial charge in [0.15, 0.2) is 0 Å². The molecule has 6 rings (SSSR count). The van der Waals surface area contributed by atoms with Gasteiger partial charge in [0.25, 0.3) is 0 Å². The predicted octanol–water partition coefficient (Wildman–Crippen LogP) is 6.76. The molecule has 1 heterocycles. The van der Waals surface area contributed by atoms with Crippen LogP contribution in [0.25, 0.3) is 21.9 Å². The number of aryl methyl sites for hydroxylation is 1. The van der Waals surface area contributed by atoms with Gasteiger partial charge in [-0.05, 0) is 83.0 Å². The molecule has 36 heavy (non-hydrogen) atoms. The van der Waals surface area contributed by atoms with Crippen molar-refractivity contribution in [2.45, 2.75) is 57.0 Å². The molecule has 1 spiro atoms. The van der Waals surface area contributed by atoms with E-state index < -0.39 is 5.97 Å². The second-order valence-corrected chi connectivity index (χ2v) is 10.3. The molecule has 2 aliphatic rings. The van der Waals surface area contributed by atoms with E-state index in [1.807, 2.05) is 43.3 Å². The average molecular weight is 479 g/mol. The minimum absolute atomic E-state index is 0.0434. The third kappa shape index (κ3) is 3.70. The van der Waals surface area contributed by atoms with E-state index in [1.54, 1.807) is 6.20 Å². The van der Waals surface area contributed by atoms with Crippen LogP contribution in [0.5, 0.6) is 5.75 Å². The molecular formula is C31H30N2O3. The molecule has 1 unspecified atom stereocenters. The normalized spacial score (nSPS) is 18.0. The molecule has 1 saturated carbocycles. The zero-order chi connectivity index (χ0) is 24.9. The summed E-state index contributed by atoms with van der Waals surface area (Å²) in [6.45, 7) is 1.95. The first-order chi connectivity index (χ1) is 17.4. The Morgan fingerprint density at radius 3 is 2.69 bits per heavy atom. The minimum Gasteiger partial charge on any atom is -0.485 e. The number of nitrogens with two attached hydrogens (primary N) is 1. The van der Waals surface area contributed by atoms with Gasteiger partial charge in [-0.25, -0.2) is 4.98 Å². The lowest BCUT2D eigenvalue weighted by molar-refractivity contribution is -0.136. The number of carboxylic acid groups (broad SMARTS) is 1. The highest BCUT2D eigenvalue weighted by molar-refractivity contribution is 6.01. The molecule has 0 saturated heterocycles. The summed E-state index contributed by atoms with van der Waals surface area (Å²) in [5.41, 5.74) is 12.9. The summed E-state index contributed by atoms with van der Waals surface area (Å²) in [4.78, 5) is 15.8. The molecule has 4 aromatic rings. The van der Waals surface area contributed by atoms with Gasteiger partial charge in [0.05, 0.1) is 6.42 Å². The van der Waals surface area contributed by atoms with Gasteiger partial charge in [-0.15, -0.1) is 0 Å². The Kier molecular flexibility index (Phi) is 5.44. The molecule has 3 aromatic carbocycles. The summed E-state index contributed by atoms with van der Waals surface area (Å²) in [7, 11) is 0. The number of aliphatic carboxylic acids is 1. The number of fused-ring (bicyclic) bond motifs is 3. The molecule has 5 heteroatoms. The Morgan fingerprint density at radius 1 is 1.08 bits per heavy atom. The van der Waals surface area contributed by atoms with Gasteiger partial charge in [-0.1, -0.05) is 55.3 Å². The van der Waals surface area contributed by atoms with Gasteiger partial charge in [0.1, 0.15) is 17.7 Å². The number of anilines is 1. The fourth-order valence-corrected chi connectivity index (χ4v) is 6.48. The second-order valence-electron chi connectivity index (χ2n) is 10.3. The zero-order valence-corrected chi connectivity index (χ0v) is 20.5. The van der Waals surface area contributed by atoms with E-state index in [-0.39, 0.29) is 17.9 Å². The van der Waals surface area contributed by atoms with Crippen molar-refractivity contribution >= 4 is 22.6 Å². The maximum atomic E-state index is 11.6. The van der Waals surface area contributed by atoms with Crippen molar-refractivity contribution in [1.29, 1.82) is 0 Å². The van der Waals surface area contributed by atoms with Gasteiger partial charge in [0.2, 0.25) is 0 Å². The monoisotopic (exact) mass is 478 g/mol. The Bertz CT molecular complexity index is 1490. The summed E-state index contributed by atoms with van der Waals surface area (Å²) >= 11 is 0. The van der Waals surface area contributed by atoms with Gasteiger partial charge in [0, 0.05) is 17.1 Å². The van der Waals surface area contributed by atoms with Crippen LogP contribution in [0, 0.1) is 6.92 Å². The Labute approximate surface area is 210 Å². The molecule has 3 N–H and O–H groups in total. The van der Waals surface area contributed by atoms with Crippen molar-refractivity contribution in [3.8, 4) is 16.9 Å². The molecule has 182 valence electrons. The van der Waals surface area contributed by atoms with Crippen molar-refractivity contribution in [1.82, 2.24) is 4.98 Å². The summed E-state index contributed by atoms with van der Waals surface area (Å²) in [5, 5.41) is 11.5.